The summed E-state index contributed by atoms with van der Waals surface area (Å²) in [7, 11) is 4.05. The Bertz CT molecular complexity index is 571. The largest absolute Gasteiger partial charge is 0.493 e. The molecule has 2 aromatic carbocycles. The number of hydrogen-bond acceptors (Lipinski definition) is 3. The van der Waals surface area contributed by atoms with Gasteiger partial charge >= 0.3 is 0 Å². The second-order valence-corrected chi connectivity index (χ2v) is 6.23. The lowest BCUT2D eigenvalue weighted by Gasteiger charge is -2.37. The van der Waals surface area contributed by atoms with Crippen molar-refractivity contribution < 1.29 is 9.84 Å². The molecule has 3 heteroatoms. The van der Waals surface area contributed by atoms with Crippen LogP contribution in [0.4, 0.5) is 0 Å². The van der Waals surface area contributed by atoms with E-state index in [0.29, 0.717) is 13.0 Å². The summed E-state index contributed by atoms with van der Waals surface area (Å²) in [6.07, 6.45) is 0.646. The van der Waals surface area contributed by atoms with Gasteiger partial charge in [0.25, 0.3) is 0 Å². The van der Waals surface area contributed by atoms with Crippen molar-refractivity contribution >= 4 is 0 Å². The lowest BCUT2D eigenvalue weighted by Crippen LogP contribution is -2.43. The van der Waals surface area contributed by atoms with Crippen molar-refractivity contribution in [3.05, 3.63) is 66.2 Å². The predicted octanol–water partition coefficient (Wildman–Crippen LogP) is 3.54. The van der Waals surface area contributed by atoms with Crippen LogP contribution in [-0.4, -0.2) is 37.3 Å². The third kappa shape index (κ3) is 4.57. The van der Waals surface area contributed by atoms with Crippen LogP contribution in [0.25, 0.3) is 0 Å². The SMILES string of the molecule is CCC(O)(c1ccccc1)C(COc1ccccc1)CN(C)C. The summed E-state index contributed by atoms with van der Waals surface area (Å²) in [6, 6.07) is 19.7. The van der Waals surface area contributed by atoms with Gasteiger partial charge in [0.15, 0.2) is 0 Å². The first-order chi connectivity index (χ1) is 11.1. The van der Waals surface area contributed by atoms with Gasteiger partial charge in [0.05, 0.1) is 12.2 Å². The number of rotatable bonds is 8. The van der Waals surface area contributed by atoms with Gasteiger partial charge in [0, 0.05) is 12.5 Å². The molecule has 0 heterocycles. The Hall–Kier alpha value is -1.84. The van der Waals surface area contributed by atoms with E-state index < -0.39 is 5.60 Å². The highest BCUT2D eigenvalue weighted by molar-refractivity contribution is 5.24. The fraction of sp³-hybridized carbons (Fsp3) is 0.400. The predicted molar refractivity (Wildman–Crippen MR) is 94.6 cm³/mol. The number of ether oxygens (including phenoxy) is 1. The number of aliphatic hydroxyl groups is 1. The van der Waals surface area contributed by atoms with Crippen LogP contribution in [0, 0.1) is 5.92 Å². The summed E-state index contributed by atoms with van der Waals surface area (Å²) < 4.78 is 5.95. The average molecular weight is 313 g/mol. The van der Waals surface area contributed by atoms with Gasteiger partial charge in [-0.1, -0.05) is 55.5 Å². The third-order valence-electron chi connectivity index (χ3n) is 4.27. The Morgan fingerprint density at radius 1 is 1.00 bits per heavy atom. The molecule has 2 rings (SSSR count). The molecule has 23 heavy (non-hydrogen) atoms. The van der Waals surface area contributed by atoms with Crippen LogP contribution in [-0.2, 0) is 5.60 Å². The van der Waals surface area contributed by atoms with E-state index in [0.717, 1.165) is 17.9 Å². The maximum atomic E-state index is 11.4. The molecule has 0 aliphatic heterocycles. The Labute approximate surface area is 139 Å². The zero-order chi connectivity index (χ0) is 16.7. The topological polar surface area (TPSA) is 32.7 Å². The van der Waals surface area contributed by atoms with Crippen LogP contribution < -0.4 is 4.74 Å². The number of benzene rings is 2. The van der Waals surface area contributed by atoms with Crippen molar-refractivity contribution in [3.8, 4) is 5.75 Å². The standard InChI is InChI=1S/C20H27NO2/c1-4-20(22,17-11-7-5-8-12-17)18(15-21(2)3)16-23-19-13-9-6-10-14-19/h5-14,18,22H,4,15-16H2,1-3H3. The molecule has 124 valence electrons. The molecule has 2 atom stereocenters. The van der Waals surface area contributed by atoms with Gasteiger partial charge in [-0.05, 0) is 38.2 Å². The van der Waals surface area contributed by atoms with E-state index in [-0.39, 0.29) is 5.92 Å². The first-order valence-corrected chi connectivity index (χ1v) is 8.16. The molecule has 3 nitrogen and oxygen atoms in total. The highest BCUT2D eigenvalue weighted by Gasteiger charge is 2.37. The zero-order valence-corrected chi connectivity index (χ0v) is 14.3. The fourth-order valence-electron chi connectivity index (χ4n) is 2.95. The van der Waals surface area contributed by atoms with E-state index >= 15 is 0 Å². The number of nitrogens with zero attached hydrogens (tertiary/aromatic N) is 1. The molecule has 0 spiro atoms. The second-order valence-electron chi connectivity index (χ2n) is 6.23. The second kappa shape index (κ2) is 8.14. The van der Waals surface area contributed by atoms with E-state index in [4.69, 9.17) is 4.74 Å². The minimum atomic E-state index is -0.902. The fourth-order valence-corrected chi connectivity index (χ4v) is 2.95. The van der Waals surface area contributed by atoms with Crippen LogP contribution >= 0.6 is 0 Å². The molecule has 0 radical (unpaired) electrons. The Balaban J connectivity index is 2.21. The normalized spacial score (nSPS) is 15.2. The number of hydrogen-bond donors (Lipinski definition) is 1. The third-order valence-corrected chi connectivity index (χ3v) is 4.27. The monoisotopic (exact) mass is 313 g/mol. The van der Waals surface area contributed by atoms with Gasteiger partial charge < -0.3 is 14.7 Å². The molecule has 0 aliphatic rings. The lowest BCUT2D eigenvalue weighted by molar-refractivity contribution is -0.0528. The molecular formula is C20H27NO2. The van der Waals surface area contributed by atoms with Crippen LogP contribution in [0.5, 0.6) is 5.75 Å². The smallest absolute Gasteiger partial charge is 0.119 e. The maximum absolute atomic E-state index is 11.4. The van der Waals surface area contributed by atoms with Crippen LogP contribution in [0.3, 0.4) is 0 Å². The average Bonchev–Trinajstić information content (AvgIpc) is 2.59. The van der Waals surface area contributed by atoms with Crippen LogP contribution in [0.1, 0.15) is 18.9 Å². The summed E-state index contributed by atoms with van der Waals surface area (Å²) in [4.78, 5) is 2.10. The molecule has 0 saturated heterocycles. The quantitative estimate of drug-likeness (QED) is 0.809. The molecule has 0 saturated carbocycles. The highest BCUT2D eigenvalue weighted by Crippen LogP contribution is 2.34. The van der Waals surface area contributed by atoms with Crippen molar-refractivity contribution in [1.82, 2.24) is 4.90 Å². The highest BCUT2D eigenvalue weighted by atomic mass is 16.5. The van der Waals surface area contributed by atoms with Gasteiger partial charge in [-0.3, -0.25) is 0 Å². The van der Waals surface area contributed by atoms with E-state index in [1.807, 2.05) is 81.7 Å². The van der Waals surface area contributed by atoms with Crippen molar-refractivity contribution in [2.45, 2.75) is 18.9 Å². The molecule has 0 amide bonds. The lowest BCUT2D eigenvalue weighted by atomic mass is 9.79. The van der Waals surface area contributed by atoms with Gasteiger partial charge in [-0.25, -0.2) is 0 Å². The van der Waals surface area contributed by atoms with Gasteiger partial charge in [-0.2, -0.15) is 0 Å². The zero-order valence-electron chi connectivity index (χ0n) is 14.3. The van der Waals surface area contributed by atoms with E-state index in [1.54, 1.807) is 0 Å². The van der Waals surface area contributed by atoms with Gasteiger partial charge in [0.2, 0.25) is 0 Å². The minimum Gasteiger partial charge on any atom is -0.493 e. The summed E-state index contributed by atoms with van der Waals surface area (Å²) in [6.45, 7) is 3.26. The van der Waals surface area contributed by atoms with Crippen molar-refractivity contribution in [2.24, 2.45) is 5.92 Å². The molecule has 2 aromatic rings. The summed E-state index contributed by atoms with van der Waals surface area (Å²) in [5.74, 6) is 0.813. The first-order valence-electron chi connectivity index (χ1n) is 8.16. The Morgan fingerprint density at radius 3 is 2.09 bits per heavy atom. The number of para-hydroxylation sites is 1. The molecule has 0 fully saturated rings. The van der Waals surface area contributed by atoms with Gasteiger partial charge in [-0.15, -0.1) is 0 Å². The van der Waals surface area contributed by atoms with Gasteiger partial charge in [0.1, 0.15) is 5.75 Å². The Morgan fingerprint density at radius 2 is 1.57 bits per heavy atom. The molecule has 2 unspecified atom stereocenters. The van der Waals surface area contributed by atoms with E-state index in [1.165, 1.54) is 0 Å². The molecule has 0 bridgehead atoms. The van der Waals surface area contributed by atoms with Crippen LogP contribution in [0.15, 0.2) is 60.7 Å². The maximum Gasteiger partial charge on any atom is 0.119 e. The first kappa shape index (κ1) is 17.5. The van der Waals surface area contributed by atoms with Crippen molar-refractivity contribution in [2.75, 3.05) is 27.2 Å². The summed E-state index contributed by atoms with van der Waals surface area (Å²) >= 11 is 0. The summed E-state index contributed by atoms with van der Waals surface area (Å²) in [5.41, 5.74) is 0.0475. The van der Waals surface area contributed by atoms with Crippen molar-refractivity contribution in [1.29, 1.82) is 0 Å². The molecule has 0 aromatic heterocycles. The van der Waals surface area contributed by atoms with E-state index in [2.05, 4.69) is 4.90 Å². The minimum absolute atomic E-state index is 0.0230. The molecule has 0 aliphatic carbocycles. The summed E-state index contributed by atoms with van der Waals surface area (Å²) in [5, 5.41) is 11.4. The van der Waals surface area contributed by atoms with E-state index in [9.17, 15) is 5.11 Å². The van der Waals surface area contributed by atoms with Crippen LogP contribution in [0.2, 0.25) is 0 Å². The van der Waals surface area contributed by atoms with Crippen molar-refractivity contribution in [3.63, 3.8) is 0 Å². The molecular weight excluding hydrogens is 286 g/mol. The molecule has 1 N–H and O–H groups in total. The Kier molecular flexibility index (Phi) is 6.20.